The maximum absolute atomic E-state index is 14.8. The lowest BCUT2D eigenvalue weighted by Crippen LogP contribution is -2.52. The molecule has 0 aliphatic rings. The number of fused-ring (bicyclic) bond motifs is 1. The van der Waals surface area contributed by atoms with E-state index in [2.05, 4.69) is 4.74 Å². The molecule has 0 saturated heterocycles. The van der Waals surface area contributed by atoms with Crippen LogP contribution >= 0.6 is 15.9 Å². The van der Waals surface area contributed by atoms with Crippen molar-refractivity contribution < 1.29 is 37.4 Å². The van der Waals surface area contributed by atoms with E-state index in [-0.39, 0.29) is 28.7 Å². The zero-order valence-electron chi connectivity index (χ0n) is 16.4. The average Bonchev–Trinajstić information content (AvgIpc) is 2.99. The number of alkyl halides is 4. The van der Waals surface area contributed by atoms with Gasteiger partial charge in [-0.1, -0.05) is 36.4 Å². The Hall–Kier alpha value is -3.34. The summed E-state index contributed by atoms with van der Waals surface area (Å²) in [5.74, 6) is -10.3. The molecule has 3 aromatic rings. The van der Waals surface area contributed by atoms with E-state index >= 15 is 0 Å². The van der Waals surface area contributed by atoms with E-state index in [1.54, 1.807) is 50.8 Å². The van der Waals surface area contributed by atoms with Gasteiger partial charge in [0, 0.05) is 12.2 Å². The lowest BCUT2D eigenvalue weighted by atomic mass is 10.1. The number of nitrogens with zero attached hydrogens (tertiary/aromatic N) is 1. The molecule has 0 saturated carbocycles. The van der Waals surface area contributed by atoms with Gasteiger partial charge in [0.2, 0.25) is 0 Å². The Bertz CT molecular complexity index is 1220. The number of ketones is 1. The van der Waals surface area contributed by atoms with Crippen molar-refractivity contribution in [3.63, 3.8) is 0 Å². The van der Waals surface area contributed by atoms with Gasteiger partial charge in [-0.15, -0.1) is 0 Å². The summed E-state index contributed by atoms with van der Waals surface area (Å²) in [5, 5.41) is 8.85. The van der Waals surface area contributed by atoms with E-state index < -0.39 is 34.1 Å². The minimum atomic E-state index is -4.62. The number of carbonyl (C=O) groups is 3. The molecule has 32 heavy (non-hydrogen) atoms. The highest BCUT2D eigenvalue weighted by atomic mass is 79.9. The Balaban J connectivity index is 2.30. The van der Waals surface area contributed by atoms with Crippen LogP contribution in [0.25, 0.3) is 10.9 Å². The Morgan fingerprint density at radius 3 is 2.25 bits per heavy atom. The van der Waals surface area contributed by atoms with Crippen LogP contribution in [0.3, 0.4) is 0 Å². The predicted molar refractivity (Wildman–Crippen MR) is 112 cm³/mol. The topological polar surface area (TPSA) is 112 Å². The van der Waals surface area contributed by atoms with Crippen molar-refractivity contribution in [2.24, 2.45) is 5.73 Å². The van der Waals surface area contributed by atoms with Gasteiger partial charge in [-0.2, -0.15) is 13.2 Å². The van der Waals surface area contributed by atoms with Gasteiger partial charge in [-0.25, -0.2) is 4.79 Å². The van der Waals surface area contributed by atoms with Crippen LogP contribution in [0.15, 0.2) is 48.5 Å². The van der Waals surface area contributed by atoms with Gasteiger partial charge < -0.3 is 20.1 Å². The number of carboxylic acids is 1. The number of benzene rings is 2. The van der Waals surface area contributed by atoms with Crippen molar-refractivity contribution in [1.82, 2.24) is 4.57 Å². The molecule has 2 aromatic carbocycles. The predicted octanol–water partition coefficient (Wildman–Crippen LogP) is 3.78. The Labute approximate surface area is 187 Å². The zero-order valence-corrected chi connectivity index (χ0v) is 18.0. The van der Waals surface area contributed by atoms with Crippen LogP contribution in [0.2, 0.25) is 0 Å². The maximum atomic E-state index is 14.8. The first-order valence-electron chi connectivity index (χ1n) is 9.06. The molecule has 11 heteroatoms. The van der Waals surface area contributed by atoms with Gasteiger partial charge in [0.15, 0.2) is 0 Å². The summed E-state index contributed by atoms with van der Waals surface area (Å²) in [5.41, 5.74) is 6.10. The SMILES string of the molecule is Cc1c(C(=O)C(N)=O)c2c(OC(F)(C(=O)O)C(F)(F)Br)cccc2n1Cc1ccccc1. The van der Waals surface area contributed by atoms with Crippen molar-refractivity contribution in [1.29, 1.82) is 0 Å². The van der Waals surface area contributed by atoms with Crippen molar-refractivity contribution >= 4 is 44.5 Å². The van der Waals surface area contributed by atoms with Gasteiger partial charge in [0.1, 0.15) is 5.75 Å². The summed E-state index contributed by atoms with van der Waals surface area (Å²) in [6.45, 7) is 1.69. The van der Waals surface area contributed by atoms with E-state index in [4.69, 9.17) is 10.8 Å². The third kappa shape index (κ3) is 3.95. The van der Waals surface area contributed by atoms with Gasteiger partial charge in [0.05, 0.1) is 16.5 Å². The summed E-state index contributed by atoms with van der Waals surface area (Å²) in [4.78, 5) is 30.9. The normalized spacial score (nSPS) is 13.5. The van der Waals surface area contributed by atoms with Crippen LogP contribution in [0.1, 0.15) is 21.6 Å². The fourth-order valence-corrected chi connectivity index (χ4v) is 3.57. The van der Waals surface area contributed by atoms with Gasteiger partial charge in [0.25, 0.3) is 11.7 Å². The zero-order chi connectivity index (χ0) is 23.8. The fourth-order valence-electron chi connectivity index (χ4n) is 3.32. The van der Waals surface area contributed by atoms with Crippen LogP contribution in [-0.4, -0.2) is 38.0 Å². The summed E-state index contributed by atoms with van der Waals surface area (Å²) in [7, 11) is 0. The number of hydrogen-bond acceptors (Lipinski definition) is 4. The molecule has 1 aromatic heterocycles. The number of carboxylic acid groups (broad SMARTS) is 1. The number of aliphatic carboxylic acids is 1. The first kappa shape index (κ1) is 23.3. The van der Waals surface area contributed by atoms with Crippen LogP contribution in [0.4, 0.5) is 13.2 Å². The molecule has 0 radical (unpaired) electrons. The minimum Gasteiger partial charge on any atom is -0.476 e. The van der Waals surface area contributed by atoms with Gasteiger partial charge >= 0.3 is 16.7 Å². The quantitative estimate of drug-likeness (QED) is 0.271. The van der Waals surface area contributed by atoms with Crippen LogP contribution < -0.4 is 10.5 Å². The fraction of sp³-hybridized carbons (Fsp3) is 0.190. The molecule has 0 bridgehead atoms. The van der Waals surface area contributed by atoms with Crippen LogP contribution in [0.5, 0.6) is 5.75 Å². The van der Waals surface area contributed by atoms with Crippen LogP contribution in [-0.2, 0) is 16.1 Å². The average molecular weight is 513 g/mol. The van der Waals surface area contributed by atoms with Crippen molar-refractivity contribution in [3.05, 3.63) is 65.4 Å². The standard InChI is InChI=1S/C21H16BrF3N2O5/c1-11-15(17(28)18(26)29)16-13(27(11)10-12-6-3-2-4-7-12)8-5-9-14(16)32-20(23,19(30)31)21(22,24)25/h2-9H,10H2,1H3,(H2,26,29)(H,30,31). The third-order valence-corrected chi connectivity index (χ3v) is 5.35. The first-order chi connectivity index (χ1) is 14.9. The third-order valence-electron chi connectivity index (χ3n) is 4.84. The number of halogens is 4. The molecular formula is C21H16BrF3N2O5. The smallest absolute Gasteiger partial charge is 0.419 e. The molecule has 1 atom stereocenters. The molecule has 0 fully saturated rings. The number of Topliss-reactive ketones (excluding diaryl/α,β-unsaturated/α-hetero) is 1. The molecule has 0 aliphatic carbocycles. The molecule has 1 heterocycles. The summed E-state index contributed by atoms with van der Waals surface area (Å²) in [6, 6.07) is 12.8. The number of amides is 1. The second-order valence-corrected chi connectivity index (χ2v) is 7.87. The summed E-state index contributed by atoms with van der Waals surface area (Å²) >= 11 is 1.70. The molecule has 3 rings (SSSR count). The van der Waals surface area contributed by atoms with Crippen molar-refractivity contribution in [3.8, 4) is 5.75 Å². The molecular weight excluding hydrogens is 497 g/mol. The largest absolute Gasteiger partial charge is 0.476 e. The number of primary amides is 1. The molecule has 0 spiro atoms. The molecule has 1 unspecified atom stereocenters. The Kier molecular flexibility index (Phi) is 6.05. The molecule has 1 amide bonds. The van der Waals surface area contributed by atoms with Gasteiger partial charge in [-0.3, -0.25) is 9.59 Å². The van der Waals surface area contributed by atoms with E-state index in [1.807, 2.05) is 0 Å². The minimum absolute atomic E-state index is 0.201. The highest BCUT2D eigenvalue weighted by Crippen LogP contribution is 2.43. The van der Waals surface area contributed by atoms with E-state index in [9.17, 15) is 27.6 Å². The Morgan fingerprint density at radius 2 is 1.72 bits per heavy atom. The molecule has 0 aliphatic heterocycles. The number of carbonyl (C=O) groups excluding carboxylic acids is 2. The highest BCUT2D eigenvalue weighted by molar-refractivity contribution is 9.10. The van der Waals surface area contributed by atoms with Crippen molar-refractivity contribution in [2.75, 3.05) is 0 Å². The lowest BCUT2D eigenvalue weighted by molar-refractivity contribution is -0.210. The number of ether oxygens (including phenoxy) is 1. The number of nitrogens with two attached hydrogens (primary N) is 1. The maximum Gasteiger partial charge on any atom is 0.419 e. The number of hydrogen-bond donors (Lipinski definition) is 2. The Morgan fingerprint density at radius 1 is 1.09 bits per heavy atom. The van der Waals surface area contributed by atoms with Crippen LogP contribution in [0, 0.1) is 6.92 Å². The lowest BCUT2D eigenvalue weighted by Gasteiger charge is -2.26. The summed E-state index contributed by atoms with van der Waals surface area (Å²) in [6.07, 6.45) is 0. The van der Waals surface area contributed by atoms with E-state index in [0.29, 0.717) is 0 Å². The molecule has 7 nitrogen and oxygen atoms in total. The first-order valence-corrected chi connectivity index (χ1v) is 9.85. The van der Waals surface area contributed by atoms with Crippen molar-refractivity contribution in [2.45, 2.75) is 24.2 Å². The molecule has 168 valence electrons. The van der Waals surface area contributed by atoms with E-state index in [0.717, 1.165) is 11.6 Å². The molecule has 3 N–H and O–H groups in total. The highest BCUT2D eigenvalue weighted by Gasteiger charge is 2.63. The number of rotatable bonds is 8. The second-order valence-electron chi connectivity index (χ2n) is 6.88. The monoisotopic (exact) mass is 512 g/mol. The van der Waals surface area contributed by atoms with E-state index in [1.165, 1.54) is 19.1 Å². The second kappa shape index (κ2) is 8.30. The van der Waals surface area contributed by atoms with Gasteiger partial charge in [-0.05, 0) is 40.5 Å². The summed E-state index contributed by atoms with van der Waals surface area (Å²) < 4.78 is 48.5. The number of aromatic nitrogens is 1.